The van der Waals surface area contributed by atoms with Crippen LogP contribution in [0.4, 0.5) is 0 Å². The van der Waals surface area contributed by atoms with Crippen LogP contribution in [0, 0.1) is 0 Å². The number of hydrogen-bond acceptors (Lipinski definition) is 3. The summed E-state index contributed by atoms with van der Waals surface area (Å²) in [5, 5.41) is 10.5. The van der Waals surface area contributed by atoms with E-state index in [1.54, 1.807) is 11.8 Å². The molecule has 0 radical (unpaired) electrons. The fraction of sp³-hybridized carbons (Fsp3) is 0.250. The second-order valence-corrected chi connectivity index (χ2v) is 5.03. The van der Waals surface area contributed by atoms with Crippen LogP contribution in [0.3, 0.4) is 0 Å². The lowest BCUT2D eigenvalue weighted by molar-refractivity contribution is 0.212. The summed E-state index contributed by atoms with van der Waals surface area (Å²) < 4.78 is 5.56. The summed E-state index contributed by atoms with van der Waals surface area (Å²) in [7, 11) is 0. The van der Waals surface area contributed by atoms with Gasteiger partial charge in [-0.25, -0.2) is 0 Å². The minimum atomic E-state index is -0.654. The highest BCUT2D eigenvalue weighted by molar-refractivity contribution is 7.98. The van der Waals surface area contributed by atoms with Gasteiger partial charge >= 0.3 is 0 Å². The van der Waals surface area contributed by atoms with Crippen molar-refractivity contribution in [3.05, 3.63) is 59.7 Å². The lowest BCUT2D eigenvalue weighted by atomic mass is 10.0. The average molecular weight is 274 g/mol. The Morgan fingerprint density at radius 1 is 1.11 bits per heavy atom. The third-order valence-electron chi connectivity index (χ3n) is 2.94. The normalized spacial score (nSPS) is 12.2. The molecule has 0 saturated heterocycles. The molecule has 2 aromatic carbocycles. The lowest BCUT2D eigenvalue weighted by Crippen LogP contribution is -2.03. The molecule has 0 fully saturated rings. The van der Waals surface area contributed by atoms with Crippen molar-refractivity contribution in [3.8, 4) is 5.75 Å². The molecule has 0 bridgehead atoms. The minimum Gasteiger partial charge on any atom is -0.493 e. The first kappa shape index (κ1) is 14.0. The van der Waals surface area contributed by atoms with E-state index in [1.807, 2.05) is 61.7 Å². The van der Waals surface area contributed by atoms with Crippen LogP contribution in [0.25, 0.3) is 0 Å². The Morgan fingerprint density at radius 2 is 1.79 bits per heavy atom. The minimum absolute atomic E-state index is 0.592. The van der Waals surface area contributed by atoms with Crippen LogP contribution in [0.15, 0.2) is 53.4 Å². The maximum atomic E-state index is 10.5. The number of aliphatic hydroxyl groups excluding tert-OH is 1. The maximum absolute atomic E-state index is 10.5. The second-order valence-electron chi connectivity index (χ2n) is 4.15. The van der Waals surface area contributed by atoms with Crippen molar-refractivity contribution >= 4 is 11.8 Å². The van der Waals surface area contributed by atoms with E-state index in [2.05, 4.69) is 0 Å². The number of aliphatic hydroxyl groups is 1. The lowest BCUT2D eigenvalue weighted by Gasteiger charge is -2.16. The quantitative estimate of drug-likeness (QED) is 0.839. The molecule has 0 aliphatic rings. The average Bonchev–Trinajstić information content (AvgIpc) is 2.47. The molecule has 19 heavy (non-hydrogen) atoms. The van der Waals surface area contributed by atoms with Crippen LogP contribution in [-0.2, 0) is 0 Å². The van der Waals surface area contributed by atoms with E-state index in [4.69, 9.17) is 4.74 Å². The third-order valence-corrected chi connectivity index (χ3v) is 3.69. The molecule has 0 aliphatic carbocycles. The fourth-order valence-electron chi connectivity index (χ4n) is 1.96. The van der Waals surface area contributed by atoms with Crippen molar-refractivity contribution < 1.29 is 9.84 Å². The van der Waals surface area contributed by atoms with E-state index >= 15 is 0 Å². The topological polar surface area (TPSA) is 29.5 Å². The zero-order valence-electron chi connectivity index (χ0n) is 11.2. The summed E-state index contributed by atoms with van der Waals surface area (Å²) in [5.41, 5.74) is 1.69. The molecule has 1 unspecified atom stereocenters. The molecule has 1 atom stereocenters. The molecule has 3 heteroatoms. The Morgan fingerprint density at radius 3 is 2.42 bits per heavy atom. The van der Waals surface area contributed by atoms with Crippen molar-refractivity contribution in [3.63, 3.8) is 0 Å². The van der Waals surface area contributed by atoms with Crippen molar-refractivity contribution in [2.45, 2.75) is 17.9 Å². The molecule has 100 valence electrons. The molecule has 0 amide bonds. The Balaban J connectivity index is 2.29. The summed E-state index contributed by atoms with van der Waals surface area (Å²) in [5.74, 6) is 0.742. The number of hydrogen-bond donors (Lipinski definition) is 1. The van der Waals surface area contributed by atoms with E-state index in [9.17, 15) is 5.11 Å². The molecule has 2 nitrogen and oxygen atoms in total. The molecule has 0 aromatic heterocycles. The molecule has 0 heterocycles. The summed E-state index contributed by atoms with van der Waals surface area (Å²) >= 11 is 1.69. The van der Waals surface area contributed by atoms with Crippen LogP contribution < -0.4 is 4.74 Å². The third kappa shape index (κ3) is 3.31. The molecule has 2 aromatic rings. The first-order valence-corrected chi connectivity index (χ1v) is 7.52. The zero-order chi connectivity index (χ0) is 13.7. The largest absolute Gasteiger partial charge is 0.493 e. The van der Waals surface area contributed by atoms with Gasteiger partial charge in [0.05, 0.1) is 6.61 Å². The van der Waals surface area contributed by atoms with E-state index in [0.717, 1.165) is 16.9 Å². The Hall–Kier alpha value is -1.45. The Kier molecular flexibility index (Phi) is 4.88. The highest BCUT2D eigenvalue weighted by Gasteiger charge is 2.14. The Labute approximate surface area is 118 Å². The highest BCUT2D eigenvalue weighted by atomic mass is 32.2. The van der Waals surface area contributed by atoms with Crippen LogP contribution in [0.5, 0.6) is 5.75 Å². The number of para-hydroxylation sites is 1. The van der Waals surface area contributed by atoms with Gasteiger partial charge in [0.2, 0.25) is 0 Å². The number of rotatable bonds is 5. The van der Waals surface area contributed by atoms with Gasteiger partial charge in [-0.1, -0.05) is 30.3 Å². The van der Waals surface area contributed by atoms with E-state index < -0.39 is 6.10 Å². The SMILES string of the molecule is CCOc1ccccc1C(O)c1ccc(SC)cc1. The van der Waals surface area contributed by atoms with Crippen molar-refractivity contribution in [2.75, 3.05) is 12.9 Å². The number of ether oxygens (including phenoxy) is 1. The highest BCUT2D eigenvalue weighted by Crippen LogP contribution is 2.30. The standard InChI is InChI=1S/C16H18O2S/c1-3-18-15-7-5-4-6-14(15)16(17)12-8-10-13(19-2)11-9-12/h4-11,16-17H,3H2,1-2H3. The first-order valence-electron chi connectivity index (χ1n) is 6.30. The molecular weight excluding hydrogens is 256 g/mol. The zero-order valence-corrected chi connectivity index (χ0v) is 12.0. The van der Waals surface area contributed by atoms with Gasteiger partial charge in [0.25, 0.3) is 0 Å². The Bertz CT molecular complexity index is 523. The van der Waals surface area contributed by atoms with Crippen molar-refractivity contribution in [1.82, 2.24) is 0 Å². The summed E-state index contributed by atoms with van der Waals surface area (Å²) in [4.78, 5) is 1.19. The van der Waals surface area contributed by atoms with E-state index in [1.165, 1.54) is 4.90 Å². The molecule has 0 aliphatic heterocycles. The van der Waals surface area contributed by atoms with Gasteiger partial charge < -0.3 is 9.84 Å². The number of benzene rings is 2. The van der Waals surface area contributed by atoms with Crippen LogP contribution in [0.1, 0.15) is 24.2 Å². The first-order chi connectivity index (χ1) is 9.26. The van der Waals surface area contributed by atoms with Crippen LogP contribution in [0.2, 0.25) is 0 Å². The predicted molar refractivity (Wildman–Crippen MR) is 79.9 cm³/mol. The van der Waals surface area contributed by atoms with Gasteiger partial charge in [0, 0.05) is 10.5 Å². The van der Waals surface area contributed by atoms with Crippen LogP contribution >= 0.6 is 11.8 Å². The maximum Gasteiger partial charge on any atom is 0.125 e. The summed E-state index contributed by atoms with van der Waals surface area (Å²) in [6.45, 7) is 2.53. The van der Waals surface area contributed by atoms with Gasteiger partial charge in [0.1, 0.15) is 11.9 Å². The summed E-state index contributed by atoms with van der Waals surface area (Å²) in [6, 6.07) is 15.6. The van der Waals surface area contributed by atoms with Gasteiger partial charge in [-0.3, -0.25) is 0 Å². The monoisotopic (exact) mass is 274 g/mol. The molecule has 1 N–H and O–H groups in total. The van der Waals surface area contributed by atoms with Gasteiger partial charge in [-0.15, -0.1) is 11.8 Å². The van der Waals surface area contributed by atoms with Crippen molar-refractivity contribution in [1.29, 1.82) is 0 Å². The molecule has 2 rings (SSSR count). The second kappa shape index (κ2) is 6.64. The van der Waals surface area contributed by atoms with Gasteiger partial charge in [-0.2, -0.15) is 0 Å². The van der Waals surface area contributed by atoms with E-state index in [0.29, 0.717) is 6.61 Å². The van der Waals surface area contributed by atoms with Gasteiger partial charge in [0.15, 0.2) is 0 Å². The molecule has 0 spiro atoms. The van der Waals surface area contributed by atoms with E-state index in [-0.39, 0.29) is 0 Å². The summed E-state index contributed by atoms with van der Waals surface area (Å²) in [6.07, 6.45) is 1.38. The van der Waals surface area contributed by atoms with Crippen LogP contribution in [-0.4, -0.2) is 18.0 Å². The van der Waals surface area contributed by atoms with Gasteiger partial charge in [-0.05, 0) is 36.9 Å². The molecule has 0 saturated carbocycles. The predicted octanol–water partition coefficient (Wildman–Crippen LogP) is 3.89. The fourth-order valence-corrected chi connectivity index (χ4v) is 2.37. The molecular formula is C16H18O2S. The van der Waals surface area contributed by atoms with Crippen molar-refractivity contribution in [2.24, 2.45) is 0 Å². The number of thioether (sulfide) groups is 1. The smallest absolute Gasteiger partial charge is 0.125 e.